The van der Waals surface area contributed by atoms with Crippen LogP contribution in [0.3, 0.4) is 0 Å². The number of anilines is 2. The smallest absolute Gasteiger partial charge is 0.229 e. The first-order valence-electron chi connectivity index (χ1n) is 6.45. The maximum atomic E-state index is 11.2. The second kappa shape index (κ2) is 5.79. The van der Waals surface area contributed by atoms with Gasteiger partial charge in [0.05, 0.1) is 18.0 Å². The lowest BCUT2D eigenvalue weighted by molar-refractivity contribution is 0.126. The van der Waals surface area contributed by atoms with Gasteiger partial charge in [0.2, 0.25) is 10.0 Å². The van der Waals surface area contributed by atoms with Crippen molar-refractivity contribution in [3.05, 3.63) is 24.3 Å². The van der Waals surface area contributed by atoms with E-state index in [1.807, 2.05) is 12.1 Å². The van der Waals surface area contributed by atoms with Gasteiger partial charge in [0.1, 0.15) is 0 Å². The molecule has 0 aliphatic heterocycles. The van der Waals surface area contributed by atoms with Crippen LogP contribution in [0.25, 0.3) is 0 Å². The Bertz CT molecular complexity index is 522. The molecule has 19 heavy (non-hydrogen) atoms. The highest BCUT2D eigenvalue weighted by molar-refractivity contribution is 7.92. The molecule has 1 aliphatic rings. The van der Waals surface area contributed by atoms with Gasteiger partial charge in [0.25, 0.3) is 0 Å². The molecule has 3 N–H and O–H groups in total. The zero-order valence-corrected chi connectivity index (χ0v) is 11.8. The van der Waals surface area contributed by atoms with Gasteiger partial charge in [0.15, 0.2) is 0 Å². The molecule has 0 unspecified atom stereocenters. The van der Waals surface area contributed by atoms with Crippen molar-refractivity contribution in [1.82, 2.24) is 0 Å². The maximum absolute atomic E-state index is 11.2. The molecule has 6 heteroatoms. The Morgan fingerprint density at radius 1 is 1.16 bits per heavy atom. The van der Waals surface area contributed by atoms with Crippen LogP contribution in [0.4, 0.5) is 11.4 Å². The van der Waals surface area contributed by atoms with Crippen molar-refractivity contribution in [2.75, 3.05) is 16.3 Å². The number of hydrogen-bond donors (Lipinski definition) is 3. The van der Waals surface area contributed by atoms with E-state index in [9.17, 15) is 13.5 Å². The number of aliphatic hydroxyl groups excluding tert-OH is 1. The van der Waals surface area contributed by atoms with Gasteiger partial charge in [0, 0.05) is 11.7 Å². The minimum atomic E-state index is -3.25. The van der Waals surface area contributed by atoms with Gasteiger partial charge in [-0.15, -0.1) is 0 Å². The van der Waals surface area contributed by atoms with Crippen LogP contribution in [-0.4, -0.2) is 31.9 Å². The molecule has 0 amide bonds. The Labute approximate surface area is 114 Å². The summed E-state index contributed by atoms with van der Waals surface area (Å²) in [6, 6.07) is 7.58. The number of sulfonamides is 1. The van der Waals surface area contributed by atoms with E-state index in [0.717, 1.165) is 37.6 Å². The zero-order valence-electron chi connectivity index (χ0n) is 11.0. The van der Waals surface area contributed by atoms with Crippen molar-refractivity contribution in [2.24, 2.45) is 0 Å². The van der Waals surface area contributed by atoms with Gasteiger partial charge in [-0.3, -0.25) is 4.72 Å². The van der Waals surface area contributed by atoms with Gasteiger partial charge in [-0.2, -0.15) is 0 Å². The predicted molar refractivity (Wildman–Crippen MR) is 76.8 cm³/mol. The molecule has 1 aliphatic carbocycles. The lowest BCUT2D eigenvalue weighted by Crippen LogP contribution is -2.28. The monoisotopic (exact) mass is 284 g/mol. The van der Waals surface area contributed by atoms with Crippen LogP contribution in [0.5, 0.6) is 0 Å². The van der Waals surface area contributed by atoms with E-state index in [-0.39, 0.29) is 6.10 Å². The molecule has 106 valence electrons. The van der Waals surface area contributed by atoms with E-state index >= 15 is 0 Å². The third kappa shape index (κ3) is 4.72. The molecule has 0 aromatic heterocycles. The van der Waals surface area contributed by atoms with E-state index in [1.165, 1.54) is 0 Å². The molecular weight excluding hydrogens is 264 g/mol. The molecule has 2 rings (SSSR count). The van der Waals surface area contributed by atoms with E-state index in [2.05, 4.69) is 10.0 Å². The summed E-state index contributed by atoms with van der Waals surface area (Å²) in [5, 5.41) is 12.8. The van der Waals surface area contributed by atoms with Crippen molar-refractivity contribution in [3.8, 4) is 0 Å². The topological polar surface area (TPSA) is 78.4 Å². The minimum absolute atomic E-state index is 0.170. The first-order chi connectivity index (χ1) is 8.92. The number of rotatable bonds is 4. The third-order valence-corrected chi connectivity index (χ3v) is 3.84. The SMILES string of the molecule is CS(=O)(=O)Nc1cccc(NC2CCC(O)CC2)c1. The van der Waals surface area contributed by atoms with Crippen molar-refractivity contribution in [3.63, 3.8) is 0 Å². The second-order valence-electron chi connectivity index (χ2n) is 5.10. The third-order valence-electron chi connectivity index (χ3n) is 3.23. The number of aliphatic hydroxyl groups is 1. The van der Waals surface area contributed by atoms with Crippen molar-refractivity contribution in [1.29, 1.82) is 0 Å². The van der Waals surface area contributed by atoms with Gasteiger partial charge in [-0.1, -0.05) is 6.07 Å². The highest BCUT2D eigenvalue weighted by atomic mass is 32.2. The number of benzene rings is 1. The summed E-state index contributed by atoms with van der Waals surface area (Å²) in [5.41, 5.74) is 1.46. The summed E-state index contributed by atoms with van der Waals surface area (Å²) in [5.74, 6) is 0. The molecule has 0 atom stereocenters. The Hall–Kier alpha value is -1.27. The predicted octanol–water partition coefficient (Wildman–Crippen LogP) is 1.77. The Morgan fingerprint density at radius 2 is 1.79 bits per heavy atom. The largest absolute Gasteiger partial charge is 0.393 e. The first-order valence-corrected chi connectivity index (χ1v) is 8.34. The van der Waals surface area contributed by atoms with Gasteiger partial charge >= 0.3 is 0 Å². The van der Waals surface area contributed by atoms with Crippen LogP contribution in [0.1, 0.15) is 25.7 Å². The second-order valence-corrected chi connectivity index (χ2v) is 6.85. The number of hydrogen-bond acceptors (Lipinski definition) is 4. The van der Waals surface area contributed by atoms with Gasteiger partial charge in [-0.25, -0.2) is 8.42 Å². The van der Waals surface area contributed by atoms with Gasteiger partial charge in [-0.05, 0) is 43.9 Å². The average molecular weight is 284 g/mol. The highest BCUT2D eigenvalue weighted by Gasteiger charge is 2.19. The van der Waals surface area contributed by atoms with E-state index in [4.69, 9.17) is 0 Å². The van der Waals surface area contributed by atoms with E-state index in [0.29, 0.717) is 11.7 Å². The molecule has 5 nitrogen and oxygen atoms in total. The van der Waals surface area contributed by atoms with Crippen LogP contribution in [0.15, 0.2) is 24.3 Å². The molecule has 0 saturated heterocycles. The van der Waals surface area contributed by atoms with Crippen molar-refractivity contribution in [2.45, 2.75) is 37.8 Å². The molecule has 1 fully saturated rings. The number of nitrogens with one attached hydrogen (secondary N) is 2. The fourth-order valence-corrected chi connectivity index (χ4v) is 2.90. The van der Waals surface area contributed by atoms with Crippen molar-refractivity contribution < 1.29 is 13.5 Å². The Kier molecular flexibility index (Phi) is 4.31. The standard InChI is InChI=1S/C13H20N2O3S/c1-19(17,18)15-12-4-2-3-11(9-12)14-10-5-7-13(16)8-6-10/h2-4,9-10,13-16H,5-8H2,1H3. The summed E-state index contributed by atoms with van der Waals surface area (Å²) >= 11 is 0. The molecular formula is C13H20N2O3S. The minimum Gasteiger partial charge on any atom is -0.393 e. The zero-order chi connectivity index (χ0) is 13.9. The Balaban J connectivity index is 1.99. The fraction of sp³-hybridized carbons (Fsp3) is 0.538. The van der Waals surface area contributed by atoms with Crippen LogP contribution in [-0.2, 0) is 10.0 Å². The normalized spacial score (nSPS) is 23.9. The summed E-state index contributed by atoms with van der Waals surface area (Å²) in [4.78, 5) is 0. The van der Waals surface area contributed by atoms with Crippen LogP contribution < -0.4 is 10.0 Å². The van der Waals surface area contributed by atoms with Crippen molar-refractivity contribution >= 4 is 21.4 Å². The van der Waals surface area contributed by atoms with Crippen LogP contribution in [0.2, 0.25) is 0 Å². The summed E-state index contributed by atoms with van der Waals surface area (Å²) in [7, 11) is -3.25. The lowest BCUT2D eigenvalue weighted by Gasteiger charge is -2.27. The maximum Gasteiger partial charge on any atom is 0.229 e. The molecule has 1 saturated carbocycles. The molecule has 1 aromatic carbocycles. The average Bonchev–Trinajstić information content (AvgIpc) is 2.30. The quantitative estimate of drug-likeness (QED) is 0.787. The molecule has 0 spiro atoms. The molecule has 0 bridgehead atoms. The van der Waals surface area contributed by atoms with Crippen LogP contribution in [0, 0.1) is 0 Å². The van der Waals surface area contributed by atoms with Gasteiger partial charge < -0.3 is 10.4 Å². The van der Waals surface area contributed by atoms with E-state index < -0.39 is 10.0 Å². The highest BCUT2D eigenvalue weighted by Crippen LogP contribution is 2.23. The summed E-state index contributed by atoms with van der Waals surface area (Å²) in [6.45, 7) is 0. The summed E-state index contributed by atoms with van der Waals surface area (Å²) < 4.78 is 24.8. The molecule has 0 radical (unpaired) electrons. The van der Waals surface area contributed by atoms with E-state index in [1.54, 1.807) is 12.1 Å². The lowest BCUT2D eigenvalue weighted by atomic mass is 9.93. The van der Waals surface area contributed by atoms with Crippen LogP contribution >= 0.6 is 0 Å². The molecule has 0 heterocycles. The summed E-state index contributed by atoms with van der Waals surface area (Å²) in [6.07, 6.45) is 4.47. The molecule has 1 aromatic rings. The Morgan fingerprint density at radius 3 is 2.42 bits per heavy atom. The first kappa shape index (κ1) is 14.1. The fourth-order valence-electron chi connectivity index (χ4n) is 2.34.